The lowest BCUT2D eigenvalue weighted by Gasteiger charge is -2.36. The zero-order chi connectivity index (χ0) is 10.9. The number of nitrogen functional groups attached to an aromatic ring is 1. The van der Waals surface area contributed by atoms with Gasteiger partial charge in [0.15, 0.2) is 0 Å². The number of hydrogen-bond donors (Lipinski definition) is 2. The number of nitrogens with zero attached hydrogens (tertiary/aromatic N) is 2. The number of carbonyl (C=O) groups is 1. The third-order valence-electron chi connectivity index (χ3n) is 2.83. The molecule has 0 bridgehead atoms. The number of H-pyrrole nitrogens is 1. The molecule has 0 aromatic carbocycles. The van der Waals surface area contributed by atoms with Gasteiger partial charge in [-0.1, -0.05) is 6.42 Å². The summed E-state index contributed by atoms with van der Waals surface area (Å²) in [6.07, 6.45) is 2.50. The lowest BCUT2D eigenvalue weighted by molar-refractivity contribution is -0.154. The van der Waals surface area contributed by atoms with Gasteiger partial charge in [-0.15, -0.1) is 5.10 Å². The van der Waals surface area contributed by atoms with Gasteiger partial charge in [-0.05, 0) is 19.8 Å². The standard InChI is InChI=1S/C9H14N4O2/c1-2-15-7(14)9(4-3-5-9)6-11-8(10)13-12-6/h2-5H2,1H3,(H3,10,11,12,13). The van der Waals surface area contributed by atoms with Crippen LogP contribution < -0.4 is 5.73 Å². The first-order valence-corrected chi connectivity index (χ1v) is 5.04. The Kier molecular flexibility index (Phi) is 2.34. The molecule has 6 heteroatoms. The van der Waals surface area contributed by atoms with Gasteiger partial charge in [0.25, 0.3) is 0 Å². The minimum Gasteiger partial charge on any atom is -0.465 e. The van der Waals surface area contributed by atoms with Crippen LogP contribution in [-0.4, -0.2) is 27.8 Å². The van der Waals surface area contributed by atoms with Crippen LogP contribution in [0.4, 0.5) is 5.95 Å². The summed E-state index contributed by atoms with van der Waals surface area (Å²) in [5.41, 5.74) is 4.80. The highest BCUT2D eigenvalue weighted by molar-refractivity contribution is 5.83. The SMILES string of the molecule is CCOC(=O)C1(c2nc(N)n[nH]2)CCC1. The molecule has 3 N–H and O–H groups in total. The number of rotatable bonds is 3. The molecule has 0 aliphatic heterocycles. The largest absolute Gasteiger partial charge is 0.465 e. The van der Waals surface area contributed by atoms with Crippen molar-refractivity contribution in [1.82, 2.24) is 15.2 Å². The lowest BCUT2D eigenvalue weighted by atomic mass is 9.68. The average Bonchev–Trinajstić information content (AvgIpc) is 2.51. The van der Waals surface area contributed by atoms with Crippen LogP contribution in [-0.2, 0) is 14.9 Å². The van der Waals surface area contributed by atoms with Gasteiger partial charge in [-0.3, -0.25) is 9.89 Å². The Morgan fingerprint density at radius 1 is 1.67 bits per heavy atom. The van der Waals surface area contributed by atoms with E-state index in [-0.39, 0.29) is 11.9 Å². The zero-order valence-corrected chi connectivity index (χ0v) is 8.62. The van der Waals surface area contributed by atoms with Crippen LogP contribution in [0, 0.1) is 0 Å². The molecule has 0 saturated heterocycles. The van der Waals surface area contributed by atoms with Crippen LogP contribution in [0.3, 0.4) is 0 Å². The van der Waals surface area contributed by atoms with E-state index in [1.54, 1.807) is 6.92 Å². The van der Waals surface area contributed by atoms with E-state index < -0.39 is 5.41 Å². The summed E-state index contributed by atoms with van der Waals surface area (Å²) >= 11 is 0. The number of esters is 1. The molecule has 1 aromatic heterocycles. The third-order valence-corrected chi connectivity index (χ3v) is 2.83. The molecule has 1 aliphatic carbocycles. The summed E-state index contributed by atoms with van der Waals surface area (Å²) in [6.45, 7) is 2.17. The van der Waals surface area contributed by atoms with Gasteiger partial charge in [0.2, 0.25) is 5.95 Å². The normalized spacial score (nSPS) is 18.2. The van der Waals surface area contributed by atoms with E-state index in [1.165, 1.54) is 0 Å². The maximum Gasteiger partial charge on any atom is 0.319 e. The molecular weight excluding hydrogens is 196 g/mol. The van der Waals surface area contributed by atoms with Gasteiger partial charge in [0, 0.05) is 0 Å². The first-order chi connectivity index (χ1) is 7.19. The van der Waals surface area contributed by atoms with Gasteiger partial charge in [0.1, 0.15) is 11.2 Å². The van der Waals surface area contributed by atoms with E-state index in [1.807, 2.05) is 0 Å². The highest BCUT2D eigenvalue weighted by Gasteiger charge is 2.49. The molecule has 0 amide bonds. The molecule has 0 radical (unpaired) electrons. The molecule has 6 nitrogen and oxygen atoms in total. The molecule has 15 heavy (non-hydrogen) atoms. The first kappa shape index (κ1) is 9.95. The van der Waals surface area contributed by atoms with E-state index in [2.05, 4.69) is 15.2 Å². The predicted octanol–water partition coefficient (Wildman–Crippen LogP) is 0.372. The molecule has 0 atom stereocenters. The molecule has 0 spiro atoms. The maximum absolute atomic E-state index is 11.8. The van der Waals surface area contributed by atoms with Crippen LogP contribution in [0.5, 0.6) is 0 Å². The summed E-state index contributed by atoms with van der Waals surface area (Å²) in [5, 5.41) is 6.44. The van der Waals surface area contributed by atoms with E-state index in [0.29, 0.717) is 12.4 Å². The van der Waals surface area contributed by atoms with Crippen LogP contribution in [0.1, 0.15) is 32.0 Å². The molecule has 82 valence electrons. The lowest BCUT2D eigenvalue weighted by Crippen LogP contribution is -2.44. The topological polar surface area (TPSA) is 93.9 Å². The first-order valence-electron chi connectivity index (χ1n) is 5.04. The zero-order valence-electron chi connectivity index (χ0n) is 8.62. The maximum atomic E-state index is 11.8. The average molecular weight is 210 g/mol. The number of anilines is 1. The van der Waals surface area contributed by atoms with Crippen molar-refractivity contribution in [2.24, 2.45) is 0 Å². The predicted molar refractivity (Wildman–Crippen MR) is 53.0 cm³/mol. The minimum atomic E-state index is -0.624. The number of nitrogens with two attached hydrogens (primary N) is 1. The molecular formula is C9H14N4O2. The minimum absolute atomic E-state index is 0.167. The number of ether oxygens (including phenoxy) is 1. The molecule has 2 rings (SSSR count). The van der Waals surface area contributed by atoms with Crippen molar-refractivity contribution >= 4 is 11.9 Å². The molecule has 1 heterocycles. The highest BCUT2D eigenvalue weighted by atomic mass is 16.5. The van der Waals surface area contributed by atoms with Crippen molar-refractivity contribution in [3.05, 3.63) is 5.82 Å². The van der Waals surface area contributed by atoms with Crippen molar-refractivity contribution in [2.45, 2.75) is 31.6 Å². The van der Waals surface area contributed by atoms with Gasteiger partial charge < -0.3 is 10.5 Å². The summed E-state index contributed by atoms with van der Waals surface area (Å²) in [6, 6.07) is 0. The highest BCUT2D eigenvalue weighted by Crippen LogP contribution is 2.43. The second kappa shape index (κ2) is 3.52. The molecule has 1 aliphatic rings. The summed E-state index contributed by atoms with van der Waals surface area (Å²) in [4.78, 5) is 15.8. The molecule has 0 unspecified atom stereocenters. The Bertz CT molecular complexity index is 370. The number of aromatic amines is 1. The van der Waals surface area contributed by atoms with Crippen molar-refractivity contribution in [2.75, 3.05) is 12.3 Å². The van der Waals surface area contributed by atoms with Gasteiger partial charge in [-0.25, -0.2) is 0 Å². The summed E-state index contributed by atoms with van der Waals surface area (Å²) in [7, 11) is 0. The van der Waals surface area contributed by atoms with Crippen LogP contribution in [0.2, 0.25) is 0 Å². The smallest absolute Gasteiger partial charge is 0.319 e. The number of hydrogen-bond acceptors (Lipinski definition) is 5. The number of carbonyl (C=O) groups excluding carboxylic acids is 1. The van der Waals surface area contributed by atoms with Gasteiger partial charge in [0.05, 0.1) is 6.61 Å². The van der Waals surface area contributed by atoms with Crippen molar-refractivity contribution < 1.29 is 9.53 Å². The summed E-state index contributed by atoms with van der Waals surface area (Å²) in [5.74, 6) is 0.470. The number of aromatic nitrogens is 3. The fourth-order valence-corrected chi connectivity index (χ4v) is 1.83. The van der Waals surface area contributed by atoms with E-state index in [4.69, 9.17) is 10.5 Å². The van der Waals surface area contributed by atoms with Crippen LogP contribution >= 0.6 is 0 Å². The van der Waals surface area contributed by atoms with E-state index in [0.717, 1.165) is 19.3 Å². The van der Waals surface area contributed by atoms with Crippen molar-refractivity contribution in [3.63, 3.8) is 0 Å². The third kappa shape index (κ3) is 1.45. The summed E-state index contributed by atoms with van der Waals surface area (Å²) < 4.78 is 5.05. The monoisotopic (exact) mass is 210 g/mol. The van der Waals surface area contributed by atoms with Crippen molar-refractivity contribution in [3.8, 4) is 0 Å². The Balaban J connectivity index is 2.25. The molecule has 1 saturated carbocycles. The van der Waals surface area contributed by atoms with Crippen molar-refractivity contribution in [1.29, 1.82) is 0 Å². The van der Waals surface area contributed by atoms with Crippen LogP contribution in [0.25, 0.3) is 0 Å². The van der Waals surface area contributed by atoms with E-state index in [9.17, 15) is 4.79 Å². The molecule has 1 aromatic rings. The second-order valence-corrected chi connectivity index (χ2v) is 3.70. The number of nitrogens with one attached hydrogen (secondary N) is 1. The second-order valence-electron chi connectivity index (χ2n) is 3.70. The Morgan fingerprint density at radius 3 is 2.80 bits per heavy atom. The molecule has 1 fully saturated rings. The van der Waals surface area contributed by atoms with Gasteiger partial charge >= 0.3 is 5.97 Å². The Hall–Kier alpha value is -1.59. The Labute approximate surface area is 87.2 Å². The van der Waals surface area contributed by atoms with Gasteiger partial charge in [-0.2, -0.15) is 4.98 Å². The fourth-order valence-electron chi connectivity index (χ4n) is 1.83. The van der Waals surface area contributed by atoms with E-state index >= 15 is 0 Å². The quantitative estimate of drug-likeness (QED) is 0.703. The Morgan fingerprint density at radius 2 is 2.40 bits per heavy atom. The fraction of sp³-hybridized carbons (Fsp3) is 0.667. The van der Waals surface area contributed by atoms with Crippen LogP contribution in [0.15, 0.2) is 0 Å².